The lowest BCUT2D eigenvalue weighted by Crippen LogP contribution is -2.01. The molecule has 5 nitrogen and oxygen atoms in total. The van der Waals surface area contributed by atoms with Gasteiger partial charge in [-0.2, -0.15) is 0 Å². The third-order valence-corrected chi connectivity index (χ3v) is 9.72. The van der Waals surface area contributed by atoms with Crippen LogP contribution in [0.1, 0.15) is 24.8 Å². The normalized spacial score (nSPS) is 16.4. The first-order chi connectivity index (χ1) is 24.2. The van der Waals surface area contributed by atoms with Crippen LogP contribution in [0.5, 0.6) is 0 Å². The van der Waals surface area contributed by atoms with E-state index in [-0.39, 0.29) is 0 Å². The fourth-order valence-corrected chi connectivity index (χ4v) is 7.22. The van der Waals surface area contributed by atoms with Gasteiger partial charge in [0.05, 0.1) is 11.4 Å². The van der Waals surface area contributed by atoms with Crippen LogP contribution >= 0.6 is 0 Å². The number of aromatic nitrogens is 5. The number of allylic oxidation sites excluding steroid dienone is 2. The molecule has 0 amide bonds. The van der Waals surface area contributed by atoms with E-state index in [2.05, 4.69) is 66.7 Å². The molecule has 2 aliphatic carbocycles. The Morgan fingerprint density at radius 3 is 1.33 bits per heavy atom. The van der Waals surface area contributed by atoms with Gasteiger partial charge < -0.3 is 0 Å². The van der Waals surface area contributed by atoms with Crippen LogP contribution in [0.15, 0.2) is 152 Å². The number of fused-ring (bicyclic) bond motifs is 2. The van der Waals surface area contributed by atoms with E-state index in [0.717, 1.165) is 50.7 Å². The second-order valence-corrected chi connectivity index (χ2v) is 12.9. The molecule has 0 radical (unpaired) electrons. The number of nitrogens with zero attached hydrogens (tertiary/aromatic N) is 5. The van der Waals surface area contributed by atoms with Gasteiger partial charge in [-0.15, -0.1) is 0 Å². The summed E-state index contributed by atoms with van der Waals surface area (Å²) >= 11 is 0. The molecular formula is C44H33N5. The van der Waals surface area contributed by atoms with Crippen molar-refractivity contribution in [2.24, 2.45) is 11.8 Å². The maximum atomic E-state index is 5.05. The molecule has 2 unspecified atom stereocenters. The lowest BCUT2D eigenvalue weighted by molar-refractivity contribution is 0.695. The van der Waals surface area contributed by atoms with Gasteiger partial charge in [-0.25, -0.2) is 24.9 Å². The number of hydrogen-bond acceptors (Lipinski definition) is 5. The van der Waals surface area contributed by atoms with Crippen LogP contribution in [0.3, 0.4) is 0 Å². The van der Waals surface area contributed by atoms with Gasteiger partial charge in [0.15, 0.2) is 23.3 Å². The van der Waals surface area contributed by atoms with Crippen LogP contribution in [-0.2, 0) is 0 Å². The van der Waals surface area contributed by atoms with Gasteiger partial charge in [0.1, 0.15) is 0 Å². The Kier molecular flexibility index (Phi) is 7.43. The van der Waals surface area contributed by atoms with E-state index >= 15 is 0 Å². The summed E-state index contributed by atoms with van der Waals surface area (Å²) < 4.78 is 0. The topological polar surface area (TPSA) is 64.5 Å². The van der Waals surface area contributed by atoms with Crippen molar-refractivity contribution in [1.82, 2.24) is 24.9 Å². The Morgan fingerprint density at radius 2 is 0.816 bits per heavy atom. The van der Waals surface area contributed by atoms with Crippen molar-refractivity contribution in [1.29, 1.82) is 0 Å². The summed E-state index contributed by atoms with van der Waals surface area (Å²) in [6.45, 7) is 0. The fourth-order valence-electron chi connectivity index (χ4n) is 7.22. The zero-order valence-electron chi connectivity index (χ0n) is 26.9. The summed E-state index contributed by atoms with van der Waals surface area (Å²) in [6.07, 6.45) is 6.45. The van der Waals surface area contributed by atoms with Crippen molar-refractivity contribution in [2.75, 3.05) is 0 Å². The monoisotopic (exact) mass is 631 g/mol. The molecule has 9 rings (SSSR count). The molecule has 1 saturated carbocycles. The Balaban J connectivity index is 1.13. The Bertz CT molecular complexity index is 2240. The molecule has 0 saturated heterocycles. The average molecular weight is 632 g/mol. The average Bonchev–Trinajstić information content (AvgIpc) is 3.83. The zero-order chi connectivity index (χ0) is 32.6. The molecule has 1 fully saturated rings. The highest BCUT2D eigenvalue weighted by Crippen LogP contribution is 2.48. The predicted molar refractivity (Wildman–Crippen MR) is 197 cm³/mol. The molecule has 2 bridgehead atoms. The van der Waals surface area contributed by atoms with Crippen molar-refractivity contribution in [3.05, 3.63) is 157 Å². The molecular weight excluding hydrogens is 599 g/mol. The number of benzene rings is 5. The van der Waals surface area contributed by atoms with Crippen LogP contribution in [0, 0.1) is 11.8 Å². The van der Waals surface area contributed by atoms with E-state index in [9.17, 15) is 0 Å². The van der Waals surface area contributed by atoms with Crippen molar-refractivity contribution in [3.63, 3.8) is 0 Å². The molecule has 2 atom stereocenters. The van der Waals surface area contributed by atoms with Gasteiger partial charge in [0.2, 0.25) is 0 Å². The second-order valence-electron chi connectivity index (χ2n) is 12.9. The molecule has 0 aliphatic heterocycles. The standard InChI is InChI=1S/C44H33N5/c1-4-11-31(12-5-1)39-28-40(32-13-6-2-7-14-32)46-43(45-39)36-17-10-18-37(27-36)44-48-41(33-15-8-3-9-16-33)47-42(49-44)34-23-21-30(22-24-34)38-26-29-19-20-35(38)25-29/h1-18,21-24,26-29,35H,19-20,25H2. The highest BCUT2D eigenvalue weighted by atomic mass is 15.0. The summed E-state index contributed by atoms with van der Waals surface area (Å²) in [5, 5.41) is 0. The number of hydrogen-bond donors (Lipinski definition) is 0. The lowest BCUT2D eigenvalue weighted by Gasteiger charge is -2.14. The summed E-state index contributed by atoms with van der Waals surface area (Å²) in [7, 11) is 0. The van der Waals surface area contributed by atoms with Crippen LogP contribution in [0.25, 0.3) is 73.6 Å². The molecule has 2 aliphatic rings. The quantitative estimate of drug-likeness (QED) is 0.175. The Hall–Kier alpha value is -6.07. The van der Waals surface area contributed by atoms with E-state index < -0.39 is 0 Å². The minimum absolute atomic E-state index is 0.605. The van der Waals surface area contributed by atoms with E-state index in [1.807, 2.05) is 84.9 Å². The summed E-state index contributed by atoms with van der Waals surface area (Å²) in [6, 6.07) is 49.6. The van der Waals surface area contributed by atoms with Gasteiger partial charge >= 0.3 is 0 Å². The molecule has 7 aromatic rings. The Labute approximate surface area is 286 Å². The maximum Gasteiger partial charge on any atom is 0.164 e. The van der Waals surface area contributed by atoms with Crippen molar-refractivity contribution >= 4 is 5.57 Å². The van der Waals surface area contributed by atoms with Crippen LogP contribution < -0.4 is 0 Å². The van der Waals surface area contributed by atoms with Gasteiger partial charge in [0.25, 0.3) is 0 Å². The SMILES string of the molecule is C1=C(c2ccc(-c3nc(-c4ccccc4)nc(-c4cccc(-c5nc(-c6ccccc6)cc(-c6ccccc6)n5)c4)n3)cc2)C2CCC1C2. The largest absolute Gasteiger partial charge is 0.228 e. The summed E-state index contributed by atoms with van der Waals surface area (Å²) in [5.74, 6) is 4.00. The van der Waals surface area contributed by atoms with Gasteiger partial charge in [-0.1, -0.05) is 140 Å². The minimum Gasteiger partial charge on any atom is -0.228 e. The van der Waals surface area contributed by atoms with E-state index in [4.69, 9.17) is 24.9 Å². The van der Waals surface area contributed by atoms with E-state index in [0.29, 0.717) is 29.2 Å². The molecule has 5 heteroatoms. The molecule has 234 valence electrons. The van der Waals surface area contributed by atoms with Crippen LogP contribution in [0.2, 0.25) is 0 Å². The van der Waals surface area contributed by atoms with Crippen molar-refractivity contribution in [3.8, 4) is 68.1 Å². The number of rotatable bonds is 7. The van der Waals surface area contributed by atoms with Gasteiger partial charge in [-0.05, 0) is 54.4 Å². The third kappa shape index (κ3) is 5.85. The van der Waals surface area contributed by atoms with Gasteiger partial charge in [0, 0.05) is 33.4 Å². The second kappa shape index (κ2) is 12.5. The summed E-state index contributed by atoms with van der Waals surface area (Å²) in [4.78, 5) is 25.1. The maximum absolute atomic E-state index is 5.05. The van der Waals surface area contributed by atoms with E-state index in [1.165, 1.54) is 30.4 Å². The Morgan fingerprint density at radius 1 is 0.367 bits per heavy atom. The smallest absolute Gasteiger partial charge is 0.164 e. The molecule has 2 aromatic heterocycles. The highest BCUT2D eigenvalue weighted by molar-refractivity contribution is 5.76. The van der Waals surface area contributed by atoms with Gasteiger partial charge in [-0.3, -0.25) is 0 Å². The zero-order valence-corrected chi connectivity index (χ0v) is 26.9. The fraction of sp³-hybridized carbons (Fsp3) is 0.114. The predicted octanol–water partition coefficient (Wildman–Crippen LogP) is 10.5. The lowest BCUT2D eigenvalue weighted by atomic mass is 9.92. The molecule has 5 aromatic carbocycles. The first-order valence-corrected chi connectivity index (χ1v) is 17.0. The molecule has 49 heavy (non-hydrogen) atoms. The summed E-state index contributed by atoms with van der Waals surface area (Å²) in [5.41, 5.74) is 10.3. The van der Waals surface area contributed by atoms with Crippen molar-refractivity contribution < 1.29 is 0 Å². The van der Waals surface area contributed by atoms with E-state index in [1.54, 1.807) is 0 Å². The molecule has 2 heterocycles. The molecule has 0 N–H and O–H groups in total. The first-order valence-electron chi connectivity index (χ1n) is 17.0. The minimum atomic E-state index is 0.605. The molecule has 0 spiro atoms. The van der Waals surface area contributed by atoms with Crippen LogP contribution in [0.4, 0.5) is 0 Å². The van der Waals surface area contributed by atoms with Crippen molar-refractivity contribution in [2.45, 2.75) is 19.3 Å². The van der Waals surface area contributed by atoms with Crippen LogP contribution in [-0.4, -0.2) is 24.9 Å². The highest BCUT2D eigenvalue weighted by Gasteiger charge is 2.33. The third-order valence-electron chi connectivity index (χ3n) is 9.72. The first kappa shape index (κ1) is 29.1.